The van der Waals surface area contributed by atoms with E-state index in [1.54, 1.807) is 35.9 Å². The third-order valence-corrected chi connectivity index (χ3v) is 4.74. The molecule has 1 aliphatic rings. The molecular formula is C16H14N4OS. The number of fused-ring (bicyclic) bond motifs is 1. The van der Waals surface area contributed by atoms with Crippen LogP contribution >= 0.6 is 11.3 Å². The number of amides is 1. The SMILES string of the molecule is O=C(c1ccncc1)N1CCn2c(-c3cccs3)cnc2C1. The molecule has 5 nitrogen and oxygen atoms in total. The quantitative estimate of drug-likeness (QED) is 0.731. The number of carbonyl (C=O) groups excluding carboxylic acids is 1. The normalized spacial score (nSPS) is 13.9. The lowest BCUT2D eigenvalue weighted by Gasteiger charge is -2.28. The second-order valence-corrected chi connectivity index (χ2v) is 6.10. The van der Waals surface area contributed by atoms with Gasteiger partial charge >= 0.3 is 0 Å². The summed E-state index contributed by atoms with van der Waals surface area (Å²) in [5.74, 6) is 0.978. The molecule has 6 heteroatoms. The molecule has 4 heterocycles. The topological polar surface area (TPSA) is 51.0 Å². The highest BCUT2D eigenvalue weighted by atomic mass is 32.1. The summed E-state index contributed by atoms with van der Waals surface area (Å²) in [5.41, 5.74) is 1.81. The zero-order valence-electron chi connectivity index (χ0n) is 11.8. The van der Waals surface area contributed by atoms with Crippen molar-refractivity contribution >= 4 is 17.2 Å². The number of thiophene rings is 1. The van der Waals surface area contributed by atoms with E-state index in [0.29, 0.717) is 18.7 Å². The highest BCUT2D eigenvalue weighted by Crippen LogP contribution is 2.27. The lowest BCUT2D eigenvalue weighted by atomic mass is 10.2. The standard InChI is InChI=1S/C16H14N4OS/c21-16(12-3-5-17-6-4-12)19-7-8-20-13(10-18-15(20)11-19)14-2-1-9-22-14/h1-6,9-10H,7-8,11H2. The molecule has 0 saturated heterocycles. The van der Waals surface area contributed by atoms with Crippen LogP contribution in [0.5, 0.6) is 0 Å². The van der Waals surface area contributed by atoms with Gasteiger partial charge < -0.3 is 9.47 Å². The summed E-state index contributed by atoms with van der Waals surface area (Å²) >= 11 is 1.71. The van der Waals surface area contributed by atoms with E-state index in [-0.39, 0.29) is 5.91 Å². The second kappa shape index (κ2) is 5.38. The number of aromatic nitrogens is 3. The van der Waals surface area contributed by atoms with E-state index >= 15 is 0 Å². The molecular weight excluding hydrogens is 296 g/mol. The number of hydrogen-bond acceptors (Lipinski definition) is 4. The van der Waals surface area contributed by atoms with E-state index in [4.69, 9.17) is 0 Å². The first-order valence-electron chi connectivity index (χ1n) is 7.10. The van der Waals surface area contributed by atoms with Crippen molar-refractivity contribution in [3.8, 4) is 10.6 Å². The number of pyridine rings is 1. The molecule has 4 rings (SSSR count). The van der Waals surface area contributed by atoms with Crippen LogP contribution in [0.1, 0.15) is 16.2 Å². The van der Waals surface area contributed by atoms with Crippen molar-refractivity contribution in [3.63, 3.8) is 0 Å². The molecule has 1 aliphatic heterocycles. The van der Waals surface area contributed by atoms with Gasteiger partial charge in [-0.1, -0.05) is 6.07 Å². The minimum Gasteiger partial charge on any atom is -0.329 e. The molecule has 110 valence electrons. The fraction of sp³-hybridized carbons (Fsp3) is 0.188. The van der Waals surface area contributed by atoms with Crippen LogP contribution < -0.4 is 0 Å². The van der Waals surface area contributed by atoms with Gasteiger partial charge in [0, 0.05) is 31.0 Å². The summed E-state index contributed by atoms with van der Waals surface area (Å²) in [6, 6.07) is 7.65. The van der Waals surface area contributed by atoms with Gasteiger partial charge in [0.05, 0.1) is 23.3 Å². The zero-order chi connectivity index (χ0) is 14.9. The van der Waals surface area contributed by atoms with Crippen molar-refractivity contribution in [2.75, 3.05) is 6.54 Å². The first-order chi connectivity index (χ1) is 10.8. The Bertz CT molecular complexity index is 795. The third kappa shape index (κ3) is 2.21. The first kappa shape index (κ1) is 13.2. The lowest BCUT2D eigenvalue weighted by molar-refractivity contribution is 0.0708. The maximum Gasteiger partial charge on any atom is 0.254 e. The molecule has 0 saturated carbocycles. The van der Waals surface area contributed by atoms with E-state index < -0.39 is 0 Å². The van der Waals surface area contributed by atoms with Gasteiger partial charge in [0.25, 0.3) is 5.91 Å². The van der Waals surface area contributed by atoms with Crippen molar-refractivity contribution in [2.45, 2.75) is 13.1 Å². The Hall–Kier alpha value is -2.47. The Morgan fingerprint density at radius 1 is 1.18 bits per heavy atom. The van der Waals surface area contributed by atoms with Crippen LogP contribution in [0.2, 0.25) is 0 Å². The van der Waals surface area contributed by atoms with E-state index in [1.165, 1.54) is 4.88 Å². The molecule has 3 aromatic rings. The molecule has 0 atom stereocenters. The average Bonchev–Trinajstić information content (AvgIpc) is 3.23. The predicted octanol–water partition coefficient (Wildman–Crippen LogP) is 2.66. The van der Waals surface area contributed by atoms with Crippen molar-refractivity contribution in [3.05, 3.63) is 59.6 Å². The third-order valence-electron chi connectivity index (χ3n) is 3.85. The molecule has 1 amide bonds. The maximum atomic E-state index is 12.5. The van der Waals surface area contributed by atoms with Gasteiger partial charge in [-0.3, -0.25) is 9.78 Å². The minimum atomic E-state index is 0.0364. The molecule has 0 radical (unpaired) electrons. The van der Waals surface area contributed by atoms with Crippen LogP contribution in [0.4, 0.5) is 0 Å². The number of rotatable bonds is 2. The predicted molar refractivity (Wildman–Crippen MR) is 84.5 cm³/mol. The summed E-state index contributed by atoms with van der Waals surface area (Å²) in [6.45, 7) is 2.02. The van der Waals surface area contributed by atoms with Gasteiger partial charge in [-0.25, -0.2) is 4.98 Å². The van der Waals surface area contributed by atoms with Gasteiger partial charge in [0.2, 0.25) is 0 Å². The van der Waals surface area contributed by atoms with Crippen molar-refractivity contribution in [1.82, 2.24) is 19.4 Å². The molecule has 0 unspecified atom stereocenters. The largest absolute Gasteiger partial charge is 0.329 e. The second-order valence-electron chi connectivity index (χ2n) is 5.15. The van der Waals surface area contributed by atoms with Crippen LogP contribution in [0.25, 0.3) is 10.6 Å². The number of carbonyl (C=O) groups is 1. The smallest absolute Gasteiger partial charge is 0.254 e. The summed E-state index contributed by atoms with van der Waals surface area (Å²) < 4.78 is 2.21. The van der Waals surface area contributed by atoms with Crippen LogP contribution in [0.15, 0.2) is 48.2 Å². The Morgan fingerprint density at radius 3 is 2.82 bits per heavy atom. The minimum absolute atomic E-state index is 0.0364. The first-order valence-corrected chi connectivity index (χ1v) is 7.98. The van der Waals surface area contributed by atoms with Gasteiger partial charge in [0.15, 0.2) is 0 Å². The molecule has 0 bridgehead atoms. The fourth-order valence-corrected chi connectivity index (χ4v) is 3.48. The molecule has 3 aromatic heterocycles. The number of imidazole rings is 1. The molecule has 0 N–H and O–H groups in total. The summed E-state index contributed by atoms with van der Waals surface area (Å²) in [5, 5.41) is 2.07. The molecule has 0 fully saturated rings. The van der Waals surface area contributed by atoms with Crippen LogP contribution in [-0.2, 0) is 13.1 Å². The maximum absolute atomic E-state index is 12.5. The van der Waals surface area contributed by atoms with Gasteiger partial charge in [-0.2, -0.15) is 0 Å². The van der Waals surface area contributed by atoms with Crippen LogP contribution in [0.3, 0.4) is 0 Å². The summed E-state index contributed by atoms with van der Waals surface area (Å²) in [7, 11) is 0. The van der Waals surface area contributed by atoms with E-state index in [0.717, 1.165) is 18.1 Å². The lowest BCUT2D eigenvalue weighted by Crippen LogP contribution is -2.38. The highest BCUT2D eigenvalue weighted by molar-refractivity contribution is 7.13. The molecule has 0 aromatic carbocycles. The fourth-order valence-electron chi connectivity index (χ4n) is 2.73. The summed E-state index contributed by atoms with van der Waals surface area (Å²) in [6.07, 6.45) is 5.20. The van der Waals surface area contributed by atoms with Gasteiger partial charge in [-0.05, 0) is 23.6 Å². The van der Waals surface area contributed by atoms with E-state index in [9.17, 15) is 4.79 Å². The molecule has 0 spiro atoms. The van der Waals surface area contributed by atoms with Crippen LogP contribution in [0, 0.1) is 0 Å². The van der Waals surface area contributed by atoms with Crippen LogP contribution in [-0.4, -0.2) is 31.9 Å². The zero-order valence-corrected chi connectivity index (χ0v) is 12.7. The average molecular weight is 310 g/mol. The van der Waals surface area contributed by atoms with E-state index in [2.05, 4.69) is 26.0 Å². The van der Waals surface area contributed by atoms with Gasteiger partial charge in [-0.15, -0.1) is 11.3 Å². The Morgan fingerprint density at radius 2 is 2.05 bits per heavy atom. The Kier molecular flexibility index (Phi) is 3.23. The van der Waals surface area contributed by atoms with Gasteiger partial charge in [0.1, 0.15) is 5.82 Å². The number of nitrogens with zero attached hydrogens (tertiary/aromatic N) is 4. The van der Waals surface area contributed by atoms with E-state index in [1.807, 2.05) is 17.2 Å². The summed E-state index contributed by atoms with van der Waals surface area (Å²) in [4.78, 5) is 24.0. The van der Waals surface area contributed by atoms with Crippen molar-refractivity contribution < 1.29 is 4.79 Å². The van der Waals surface area contributed by atoms with Crippen molar-refractivity contribution in [2.24, 2.45) is 0 Å². The number of hydrogen-bond donors (Lipinski definition) is 0. The Labute approximate surface area is 131 Å². The monoisotopic (exact) mass is 310 g/mol. The Balaban J connectivity index is 1.59. The van der Waals surface area contributed by atoms with Crippen molar-refractivity contribution in [1.29, 1.82) is 0 Å². The molecule has 0 aliphatic carbocycles. The highest BCUT2D eigenvalue weighted by Gasteiger charge is 2.24. The molecule has 22 heavy (non-hydrogen) atoms.